The van der Waals surface area contributed by atoms with Gasteiger partial charge >= 0.3 is 0 Å². The molecule has 29 heavy (non-hydrogen) atoms. The zero-order chi connectivity index (χ0) is 20.2. The Kier molecular flexibility index (Phi) is 6.16. The average Bonchev–Trinajstić information content (AvgIpc) is 3.38. The maximum Gasteiger partial charge on any atom is 0.255 e. The van der Waals surface area contributed by atoms with Crippen LogP contribution in [-0.2, 0) is 19.4 Å². The number of fused-ring (bicyclic) bond motifs is 1. The number of nitrogens with zero attached hydrogens (tertiary/aromatic N) is 1. The fourth-order valence-electron chi connectivity index (χ4n) is 3.44. The lowest BCUT2D eigenvalue weighted by molar-refractivity contribution is 0.0948. The van der Waals surface area contributed by atoms with E-state index in [1.807, 2.05) is 30.3 Å². The van der Waals surface area contributed by atoms with Gasteiger partial charge in [0.25, 0.3) is 5.91 Å². The quantitative estimate of drug-likeness (QED) is 0.469. The zero-order valence-electron chi connectivity index (χ0n) is 16.0. The molecule has 0 saturated carbocycles. The molecule has 0 atom stereocenters. The van der Waals surface area contributed by atoms with Crippen molar-refractivity contribution in [1.82, 2.24) is 5.32 Å². The summed E-state index contributed by atoms with van der Waals surface area (Å²) in [6.45, 7) is 0.366. The summed E-state index contributed by atoms with van der Waals surface area (Å²) < 4.78 is 11.5. The number of ether oxygens (including phenoxy) is 1. The van der Waals surface area contributed by atoms with Crippen molar-refractivity contribution in [3.05, 3.63) is 68.4 Å². The summed E-state index contributed by atoms with van der Waals surface area (Å²) in [5.41, 5.74) is 2.80. The Labute approximate surface area is 181 Å². The number of benzene rings is 1. The molecule has 0 aliphatic heterocycles. The highest BCUT2D eigenvalue weighted by Crippen LogP contribution is 2.40. The first-order valence-corrected chi connectivity index (χ1v) is 11.1. The molecule has 0 bridgehead atoms. The highest BCUT2D eigenvalue weighted by molar-refractivity contribution is 9.10. The number of halogens is 1. The molecule has 1 aliphatic carbocycles. The van der Waals surface area contributed by atoms with Crippen molar-refractivity contribution in [1.29, 1.82) is 0 Å². The molecule has 7 heteroatoms. The van der Waals surface area contributed by atoms with Gasteiger partial charge in [-0.2, -0.15) is 0 Å². The number of methoxy groups -OCH3 is 1. The third kappa shape index (κ3) is 4.46. The fraction of sp³-hybridized carbons (Fsp3) is 0.273. The molecule has 0 unspecified atom stereocenters. The number of hydrogen-bond acceptors (Lipinski definition) is 5. The number of hydrogen-bond donors (Lipinski definition) is 1. The van der Waals surface area contributed by atoms with Gasteiger partial charge in [0.1, 0.15) is 16.5 Å². The number of nitrogens with one attached hydrogen (secondary N) is 1. The van der Waals surface area contributed by atoms with Crippen molar-refractivity contribution in [3.63, 3.8) is 0 Å². The maximum absolute atomic E-state index is 13.0. The number of carbonyl (C=O) groups excluding carboxylic acids is 1. The van der Waals surface area contributed by atoms with Crippen LogP contribution in [0.5, 0.6) is 5.75 Å². The summed E-state index contributed by atoms with van der Waals surface area (Å²) in [6.07, 6.45) is 7.62. The summed E-state index contributed by atoms with van der Waals surface area (Å²) >= 11 is 5.13. The summed E-state index contributed by atoms with van der Waals surface area (Å²) in [7, 11) is 1.64. The number of carbonyl (C=O) groups is 1. The van der Waals surface area contributed by atoms with Crippen molar-refractivity contribution < 1.29 is 13.9 Å². The second-order valence-electron chi connectivity index (χ2n) is 6.81. The summed E-state index contributed by atoms with van der Waals surface area (Å²) in [5, 5.41) is 3.74. The summed E-state index contributed by atoms with van der Waals surface area (Å²) in [4.78, 5) is 19.0. The van der Waals surface area contributed by atoms with Crippen LogP contribution in [0.2, 0.25) is 0 Å². The number of aliphatic imine (C=N–C) groups is 1. The molecule has 2 heterocycles. The number of furan rings is 1. The van der Waals surface area contributed by atoms with Crippen molar-refractivity contribution in [3.8, 4) is 5.75 Å². The minimum atomic E-state index is -0.0936. The van der Waals surface area contributed by atoms with Crippen LogP contribution in [0.1, 0.15) is 45.0 Å². The van der Waals surface area contributed by atoms with E-state index in [-0.39, 0.29) is 5.91 Å². The first-order chi connectivity index (χ1) is 14.2. The smallest absolute Gasteiger partial charge is 0.255 e. The predicted octanol–water partition coefficient (Wildman–Crippen LogP) is 5.67. The van der Waals surface area contributed by atoms with Crippen LogP contribution >= 0.6 is 27.3 Å². The van der Waals surface area contributed by atoms with E-state index in [9.17, 15) is 4.79 Å². The van der Waals surface area contributed by atoms with Crippen LogP contribution in [0.4, 0.5) is 5.00 Å². The monoisotopic (exact) mass is 472 g/mol. The van der Waals surface area contributed by atoms with E-state index in [0.29, 0.717) is 12.1 Å². The molecule has 3 aromatic rings. The fourth-order valence-corrected chi connectivity index (χ4v) is 5.23. The standard InChI is InChI=1S/C22H21BrN2O3S/c1-27-18-9-8-14(11-17(18)23)12-25-22-20(16-6-2-3-7-19(16)29-22)21(26)24-13-15-5-4-10-28-15/h4-5,8-12H,2-3,6-7,13H2,1H3,(H,24,26)/b25-12-. The Balaban J connectivity index is 1.61. The first-order valence-electron chi connectivity index (χ1n) is 9.48. The van der Waals surface area contributed by atoms with Crippen LogP contribution in [0.3, 0.4) is 0 Å². The van der Waals surface area contributed by atoms with Crippen LogP contribution in [-0.4, -0.2) is 19.2 Å². The first kappa shape index (κ1) is 19.9. The van der Waals surface area contributed by atoms with Gasteiger partial charge in [0.05, 0.1) is 30.0 Å². The molecule has 0 fully saturated rings. The highest BCUT2D eigenvalue weighted by Gasteiger charge is 2.25. The van der Waals surface area contributed by atoms with E-state index >= 15 is 0 Å². The minimum Gasteiger partial charge on any atom is -0.496 e. The Morgan fingerprint density at radius 2 is 2.21 bits per heavy atom. The lowest BCUT2D eigenvalue weighted by Crippen LogP contribution is -2.23. The number of aryl methyl sites for hydroxylation is 1. The van der Waals surface area contributed by atoms with Gasteiger partial charge in [-0.15, -0.1) is 11.3 Å². The number of thiophene rings is 1. The van der Waals surface area contributed by atoms with Crippen molar-refractivity contribution >= 4 is 44.4 Å². The molecule has 2 aromatic heterocycles. The van der Waals surface area contributed by atoms with Crippen molar-refractivity contribution in [2.75, 3.05) is 7.11 Å². The molecular weight excluding hydrogens is 452 g/mol. The molecule has 1 amide bonds. The van der Waals surface area contributed by atoms with E-state index in [1.165, 1.54) is 4.88 Å². The topological polar surface area (TPSA) is 63.8 Å². The van der Waals surface area contributed by atoms with E-state index in [2.05, 4.69) is 21.2 Å². The van der Waals surface area contributed by atoms with Crippen LogP contribution in [0.15, 0.2) is 50.5 Å². The van der Waals surface area contributed by atoms with Gasteiger partial charge in [-0.3, -0.25) is 4.79 Å². The van der Waals surface area contributed by atoms with E-state index in [1.54, 1.807) is 30.9 Å². The Morgan fingerprint density at radius 3 is 2.97 bits per heavy atom. The molecule has 1 aromatic carbocycles. The Bertz CT molecular complexity index is 1040. The maximum atomic E-state index is 13.0. The molecule has 0 spiro atoms. The molecule has 1 N–H and O–H groups in total. The van der Waals surface area contributed by atoms with E-state index < -0.39 is 0 Å². The summed E-state index contributed by atoms with van der Waals surface area (Å²) in [6, 6.07) is 9.45. The van der Waals surface area contributed by atoms with Gasteiger partial charge in [-0.1, -0.05) is 0 Å². The van der Waals surface area contributed by atoms with Crippen molar-refractivity contribution in [2.45, 2.75) is 32.2 Å². The van der Waals surface area contributed by atoms with Gasteiger partial charge < -0.3 is 14.5 Å². The molecule has 150 valence electrons. The summed E-state index contributed by atoms with van der Waals surface area (Å²) in [5.74, 6) is 1.41. The van der Waals surface area contributed by atoms with Gasteiger partial charge in [-0.05, 0) is 83.1 Å². The molecule has 5 nitrogen and oxygen atoms in total. The third-order valence-corrected chi connectivity index (χ3v) is 6.71. The van der Waals surface area contributed by atoms with Gasteiger partial charge in [-0.25, -0.2) is 4.99 Å². The minimum absolute atomic E-state index is 0.0936. The lowest BCUT2D eigenvalue weighted by Gasteiger charge is -2.12. The number of rotatable bonds is 6. The molecule has 0 saturated heterocycles. The van der Waals surface area contributed by atoms with Gasteiger partial charge in [0.15, 0.2) is 0 Å². The second kappa shape index (κ2) is 8.97. The normalized spacial score (nSPS) is 13.4. The molecule has 1 aliphatic rings. The SMILES string of the molecule is COc1ccc(/C=N\c2sc3c(c2C(=O)NCc2ccco2)CCCC3)cc1Br. The highest BCUT2D eigenvalue weighted by atomic mass is 79.9. The number of amides is 1. The molecule has 0 radical (unpaired) electrons. The van der Waals surface area contributed by atoms with Gasteiger partial charge in [0, 0.05) is 11.1 Å². The van der Waals surface area contributed by atoms with E-state index in [4.69, 9.17) is 14.1 Å². The second-order valence-corrected chi connectivity index (χ2v) is 8.74. The Morgan fingerprint density at radius 1 is 1.34 bits per heavy atom. The van der Waals surface area contributed by atoms with E-state index in [0.717, 1.165) is 57.8 Å². The van der Waals surface area contributed by atoms with Crippen molar-refractivity contribution in [2.24, 2.45) is 4.99 Å². The lowest BCUT2D eigenvalue weighted by atomic mass is 9.95. The zero-order valence-corrected chi connectivity index (χ0v) is 18.4. The molecular formula is C22H21BrN2O3S. The Hall–Kier alpha value is -2.38. The largest absolute Gasteiger partial charge is 0.496 e. The third-order valence-electron chi connectivity index (χ3n) is 4.89. The predicted molar refractivity (Wildman–Crippen MR) is 119 cm³/mol. The van der Waals surface area contributed by atoms with Crippen LogP contribution in [0, 0.1) is 0 Å². The average molecular weight is 473 g/mol. The van der Waals surface area contributed by atoms with Gasteiger partial charge in [0.2, 0.25) is 0 Å². The van der Waals surface area contributed by atoms with Crippen LogP contribution in [0.25, 0.3) is 0 Å². The molecule has 4 rings (SSSR count). The van der Waals surface area contributed by atoms with Crippen LogP contribution < -0.4 is 10.1 Å².